The maximum Gasteiger partial charge on any atom is 0.264 e. The van der Waals surface area contributed by atoms with Gasteiger partial charge in [0.05, 0.1) is 9.77 Å². The van der Waals surface area contributed by atoms with Crippen LogP contribution in [0.5, 0.6) is 0 Å². The maximum absolute atomic E-state index is 12.7. The van der Waals surface area contributed by atoms with Crippen molar-refractivity contribution in [3.8, 4) is 0 Å². The van der Waals surface area contributed by atoms with Crippen LogP contribution < -0.4 is 4.72 Å². The highest BCUT2D eigenvalue weighted by Gasteiger charge is 2.27. The topological polar surface area (TPSA) is 66.5 Å². The van der Waals surface area contributed by atoms with Crippen LogP contribution in [-0.2, 0) is 10.0 Å². The van der Waals surface area contributed by atoms with Gasteiger partial charge in [-0.3, -0.25) is 4.79 Å². The number of carbonyl (C=O) groups excluding carboxylic acids is 1. The smallest absolute Gasteiger partial charge is 0.264 e. The van der Waals surface area contributed by atoms with Crippen LogP contribution in [0.4, 0.5) is 0 Å². The van der Waals surface area contributed by atoms with E-state index in [4.69, 9.17) is 0 Å². The summed E-state index contributed by atoms with van der Waals surface area (Å²) < 4.78 is 25.8. The van der Waals surface area contributed by atoms with E-state index in [1.165, 1.54) is 29.8 Å². The van der Waals surface area contributed by atoms with E-state index in [9.17, 15) is 13.2 Å². The van der Waals surface area contributed by atoms with Gasteiger partial charge in [-0.1, -0.05) is 19.8 Å². The van der Waals surface area contributed by atoms with Gasteiger partial charge in [-0.2, -0.15) is 0 Å². The van der Waals surface area contributed by atoms with Crippen LogP contribution in [0.2, 0.25) is 0 Å². The summed E-state index contributed by atoms with van der Waals surface area (Å²) in [5.74, 6) is -0.0358. The molecule has 1 saturated heterocycles. The summed E-state index contributed by atoms with van der Waals surface area (Å²) in [7, 11) is -2.11. The van der Waals surface area contributed by atoms with E-state index < -0.39 is 10.0 Å². The number of carbonyl (C=O) groups is 1. The first kappa shape index (κ1) is 16.5. The third-order valence-corrected chi connectivity index (χ3v) is 6.44. The molecule has 0 radical (unpaired) electrons. The van der Waals surface area contributed by atoms with Gasteiger partial charge in [0.1, 0.15) is 0 Å². The van der Waals surface area contributed by atoms with Crippen molar-refractivity contribution in [1.82, 2.24) is 9.62 Å². The number of nitrogens with zero attached hydrogens (tertiary/aromatic N) is 1. The summed E-state index contributed by atoms with van der Waals surface area (Å²) >= 11 is 1.20. The molecule has 1 aliphatic heterocycles. The summed E-state index contributed by atoms with van der Waals surface area (Å²) in [6, 6.07) is 1.75. The van der Waals surface area contributed by atoms with Gasteiger partial charge in [-0.05, 0) is 32.4 Å². The van der Waals surface area contributed by atoms with Crippen LogP contribution in [0.3, 0.4) is 0 Å². The Bertz CT molecular complexity index is 595. The van der Waals surface area contributed by atoms with E-state index in [1.54, 1.807) is 0 Å². The minimum atomic E-state index is -3.48. The quantitative estimate of drug-likeness (QED) is 0.922. The van der Waals surface area contributed by atoms with Crippen molar-refractivity contribution in [2.24, 2.45) is 0 Å². The van der Waals surface area contributed by atoms with Crippen molar-refractivity contribution >= 4 is 27.3 Å². The zero-order valence-corrected chi connectivity index (χ0v) is 14.1. The van der Waals surface area contributed by atoms with Crippen LogP contribution >= 0.6 is 11.3 Å². The number of hydrogen-bond donors (Lipinski definition) is 1. The van der Waals surface area contributed by atoms with Gasteiger partial charge >= 0.3 is 0 Å². The van der Waals surface area contributed by atoms with Crippen molar-refractivity contribution < 1.29 is 13.2 Å². The number of rotatable bonds is 4. The molecule has 0 aromatic carbocycles. The highest BCUT2D eigenvalue weighted by molar-refractivity contribution is 7.89. The summed E-state index contributed by atoms with van der Waals surface area (Å²) in [6.45, 7) is 2.87. The summed E-state index contributed by atoms with van der Waals surface area (Å²) in [5.41, 5.74) is 0. The molecule has 7 heteroatoms. The highest BCUT2D eigenvalue weighted by Crippen LogP contribution is 2.25. The van der Waals surface area contributed by atoms with Gasteiger partial charge in [0.15, 0.2) is 0 Å². The predicted molar refractivity (Wildman–Crippen MR) is 84.1 cm³/mol. The Kier molecular flexibility index (Phi) is 5.40. The van der Waals surface area contributed by atoms with E-state index in [2.05, 4.69) is 11.6 Å². The number of sulfonamides is 1. The Morgan fingerprint density at radius 2 is 2.19 bits per heavy atom. The van der Waals surface area contributed by atoms with Crippen molar-refractivity contribution in [2.75, 3.05) is 13.6 Å². The molecule has 1 amide bonds. The fourth-order valence-corrected chi connectivity index (χ4v) is 4.66. The molecule has 1 fully saturated rings. The molecule has 1 N–H and O–H groups in total. The Labute approximate surface area is 130 Å². The molecule has 5 nitrogen and oxygen atoms in total. The van der Waals surface area contributed by atoms with Gasteiger partial charge in [0, 0.05) is 18.0 Å². The molecule has 2 heterocycles. The highest BCUT2D eigenvalue weighted by atomic mass is 32.2. The Morgan fingerprint density at radius 3 is 2.86 bits per heavy atom. The minimum absolute atomic E-state index is 0.0358. The average Bonchev–Trinajstić information content (AvgIpc) is 2.86. The van der Waals surface area contributed by atoms with Crippen molar-refractivity contribution in [2.45, 2.75) is 50.0 Å². The van der Waals surface area contributed by atoms with E-state index >= 15 is 0 Å². The Morgan fingerprint density at radius 1 is 1.43 bits per heavy atom. The van der Waals surface area contributed by atoms with Crippen LogP contribution in [0.1, 0.15) is 48.7 Å². The van der Waals surface area contributed by atoms with E-state index in [1.807, 2.05) is 4.90 Å². The standard InChI is InChI=1S/C14H22N2O3S2/c1-3-11-7-5-4-6-8-16(11)14(17)13-9-12(10-20-13)21(18,19)15-2/h9-11,15H,3-8H2,1-2H3/t11-/m0/s1. The van der Waals surface area contributed by atoms with E-state index in [0.717, 1.165) is 38.6 Å². The van der Waals surface area contributed by atoms with Crippen LogP contribution in [0.25, 0.3) is 0 Å². The Balaban J connectivity index is 2.22. The molecule has 2 rings (SSSR count). The molecule has 1 aliphatic rings. The average molecular weight is 330 g/mol. The normalized spacial score (nSPS) is 20.3. The van der Waals surface area contributed by atoms with Crippen LogP contribution in [-0.4, -0.2) is 38.9 Å². The molecular weight excluding hydrogens is 308 g/mol. The lowest BCUT2D eigenvalue weighted by Crippen LogP contribution is -2.39. The minimum Gasteiger partial charge on any atom is -0.335 e. The molecule has 1 aromatic heterocycles. The SMILES string of the molecule is CC[C@H]1CCCCCN1C(=O)c1cc(S(=O)(=O)NC)cs1. The zero-order valence-electron chi connectivity index (χ0n) is 12.5. The number of amides is 1. The molecular formula is C14H22N2O3S2. The van der Waals surface area contributed by atoms with Gasteiger partial charge < -0.3 is 4.90 Å². The summed E-state index contributed by atoms with van der Waals surface area (Å²) in [4.78, 5) is 15.3. The van der Waals surface area contributed by atoms with Crippen LogP contribution in [0, 0.1) is 0 Å². The van der Waals surface area contributed by atoms with Gasteiger partial charge in [0.2, 0.25) is 10.0 Å². The second-order valence-electron chi connectivity index (χ2n) is 5.26. The molecule has 0 spiro atoms. The summed E-state index contributed by atoms with van der Waals surface area (Å²) in [5, 5.41) is 1.53. The van der Waals surface area contributed by atoms with Gasteiger partial charge in [-0.15, -0.1) is 11.3 Å². The number of nitrogens with one attached hydrogen (secondary N) is 1. The second-order valence-corrected chi connectivity index (χ2v) is 8.06. The lowest BCUT2D eigenvalue weighted by molar-refractivity contribution is 0.0683. The van der Waals surface area contributed by atoms with Crippen molar-refractivity contribution in [3.05, 3.63) is 16.3 Å². The van der Waals surface area contributed by atoms with Gasteiger partial charge in [0.25, 0.3) is 5.91 Å². The maximum atomic E-state index is 12.7. The predicted octanol–water partition coefficient (Wildman–Crippen LogP) is 2.45. The molecule has 0 unspecified atom stereocenters. The number of thiophene rings is 1. The van der Waals surface area contributed by atoms with Crippen molar-refractivity contribution in [1.29, 1.82) is 0 Å². The molecule has 0 aliphatic carbocycles. The lowest BCUT2D eigenvalue weighted by atomic mass is 10.1. The fourth-order valence-electron chi connectivity index (χ4n) is 2.70. The molecule has 1 atom stereocenters. The third kappa shape index (κ3) is 3.64. The largest absolute Gasteiger partial charge is 0.335 e. The monoisotopic (exact) mass is 330 g/mol. The molecule has 21 heavy (non-hydrogen) atoms. The summed E-state index contributed by atoms with van der Waals surface area (Å²) in [6.07, 6.45) is 5.32. The van der Waals surface area contributed by atoms with E-state index in [-0.39, 0.29) is 16.8 Å². The first-order valence-corrected chi connectivity index (χ1v) is 9.69. The fraction of sp³-hybridized carbons (Fsp3) is 0.643. The van der Waals surface area contributed by atoms with Gasteiger partial charge in [-0.25, -0.2) is 13.1 Å². The first-order valence-electron chi connectivity index (χ1n) is 7.32. The molecule has 118 valence electrons. The Hall–Kier alpha value is -0.920. The van der Waals surface area contributed by atoms with Crippen LogP contribution in [0.15, 0.2) is 16.3 Å². The number of likely N-dealkylation sites (tertiary alicyclic amines) is 1. The second kappa shape index (κ2) is 6.89. The van der Waals surface area contributed by atoms with Crippen molar-refractivity contribution in [3.63, 3.8) is 0 Å². The lowest BCUT2D eigenvalue weighted by Gasteiger charge is -2.28. The molecule has 0 bridgehead atoms. The zero-order chi connectivity index (χ0) is 15.5. The molecule has 1 aromatic rings. The first-order chi connectivity index (χ1) is 9.99. The van der Waals surface area contributed by atoms with E-state index in [0.29, 0.717) is 4.88 Å². The molecule has 0 saturated carbocycles. The number of hydrogen-bond acceptors (Lipinski definition) is 4. The third-order valence-electron chi connectivity index (χ3n) is 3.97.